The fraction of sp³-hybridized carbons (Fsp3) is 0.364. The number of nitrogens with one attached hydrogen (secondary N) is 1. The minimum atomic E-state index is -0.641. The SMILES string of the molecule is COC(CN)C(=O)Nc1ccc(CO)cc1. The van der Waals surface area contributed by atoms with Crippen molar-refractivity contribution >= 4 is 11.6 Å². The Labute approximate surface area is 94.2 Å². The highest BCUT2D eigenvalue weighted by atomic mass is 16.5. The Balaban J connectivity index is 2.62. The van der Waals surface area contributed by atoms with Gasteiger partial charge in [-0.3, -0.25) is 4.79 Å². The second-order valence-corrected chi connectivity index (χ2v) is 3.30. The summed E-state index contributed by atoms with van der Waals surface area (Å²) in [6.45, 7) is 0.120. The van der Waals surface area contributed by atoms with Crippen LogP contribution in [0.25, 0.3) is 0 Å². The summed E-state index contributed by atoms with van der Waals surface area (Å²) in [5.41, 5.74) is 6.81. The molecule has 4 N–H and O–H groups in total. The number of hydrogen-bond acceptors (Lipinski definition) is 4. The van der Waals surface area contributed by atoms with Crippen LogP contribution in [0.5, 0.6) is 0 Å². The fourth-order valence-electron chi connectivity index (χ4n) is 1.23. The molecule has 1 unspecified atom stereocenters. The predicted octanol–water partition coefficient (Wildman–Crippen LogP) is 0.0911. The molecule has 0 heterocycles. The summed E-state index contributed by atoms with van der Waals surface area (Å²) >= 11 is 0. The van der Waals surface area contributed by atoms with Crippen LogP contribution in [0.2, 0.25) is 0 Å². The van der Waals surface area contributed by atoms with Gasteiger partial charge in [-0.1, -0.05) is 12.1 Å². The smallest absolute Gasteiger partial charge is 0.254 e. The van der Waals surface area contributed by atoms with Gasteiger partial charge in [-0.15, -0.1) is 0 Å². The molecule has 5 heteroatoms. The van der Waals surface area contributed by atoms with E-state index in [1.807, 2.05) is 0 Å². The number of hydrogen-bond donors (Lipinski definition) is 3. The number of anilines is 1. The standard InChI is InChI=1S/C11H16N2O3/c1-16-10(6-12)11(15)13-9-4-2-8(7-14)3-5-9/h2-5,10,14H,6-7,12H2,1H3,(H,13,15). The number of ether oxygens (including phenoxy) is 1. The summed E-state index contributed by atoms with van der Waals surface area (Å²) in [7, 11) is 1.44. The zero-order valence-corrected chi connectivity index (χ0v) is 9.14. The molecule has 1 aromatic rings. The number of carbonyl (C=O) groups is 1. The second-order valence-electron chi connectivity index (χ2n) is 3.30. The van der Waals surface area contributed by atoms with E-state index in [1.54, 1.807) is 24.3 Å². The highest BCUT2D eigenvalue weighted by molar-refractivity contribution is 5.94. The normalized spacial score (nSPS) is 12.2. The Morgan fingerprint density at radius 3 is 2.56 bits per heavy atom. The molecule has 0 radical (unpaired) electrons. The minimum absolute atomic E-state index is 0.0161. The summed E-state index contributed by atoms with van der Waals surface area (Å²) < 4.78 is 4.90. The molecule has 0 aliphatic carbocycles. The Bertz CT molecular complexity index is 334. The lowest BCUT2D eigenvalue weighted by Crippen LogP contribution is -2.35. The lowest BCUT2D eigenvalue weighted by molar-refractivity contribution is -0.125. The van der Waals surface area contributed by atoms with Gasteiger partial charge in [0.15, 0.2) is 0 Å². The number of aliphatic hydroxyl groups is 1. The molecule has 0 aromatic heterocycles. The first-order valence-corrected chi connectivity index (χ1v) is 4.94. The van der Waals surface area contributed by atoms with Crippen LogP contribution in [0.4, 0.5) is 5.69 Å². The molecule has 1 atom stereocenters. The number of rotatable bonds is 5. The van der Waals surface area contributed by atoms with E-state index in [9.17, 15) is 4.79 Å². The van der Waals surface area contributed by atoms with E-state index in [2.05, 4.69) is 5.32 Å². The molecule has 88 valence electrons. The van der Waals surface area contributed by atoms with E-state index in [1.165, 1.54) is 7.11 Å². The van der Waals surface area contributed by atoms with Gasteiger partial charge in [-0.2, -0.15) is 0 Å². The van der Waals surface area contributed by atoms with Crippen molar-refractivity contribution in [2.45, 2.75) is 12.7 Å². The molecular formula is C11H16N2O3. The fourth-order valence-corrected chi connectivity index (χ4v) is 1.23. The molecular weight excluding hydrogens is 208 g/mol. The first-order valence-electron chi connectivity index (χ1n) is 4.94. The molecule has 0 aliphatic rings. The van der Waals surface area contributed by atoms with Crippen molar-refractivity contribution in [3.63, 3.8) is 0 Å². The van der Waals surface area contributed by atoms with E-state index in [0.717, 1.165) is 5.56 Å². The molecule has 1 rings (SSSR count). The zero-order valence-electron chi connectivity index (χ0n) is 9.14. The van der Waals surface area contributed by atoms with Crippen LogP contribution >= 0.6 is 0 Å². The van der Waals surface area contributed by atoms with Gasteiger partial charge >= 0.3 is 0 Å². The van der Waals surface area contributed by atoms with Gasteiger partial charge in [0.25, 0.3) is 5.91 Å². The molecule has 0 saturated heterocycles. The van der Waals surface area contributed by atoms with E-state index < -0.39 is 6.10 Å². The van der Waals surface area contributed by atoms with Crippen LogP contribution in [0.3, 0.4) is 0 Å². The van der Waals surface area contributed by atoms with E-state index in [4.69, 9.17) is 15.6 Å². The van der Waals surface area contributed by atoms with Crippen molar-refractivity contribution in [3.05, 3.63) is 29.8 Å². The molecule has 0 spiro atoms. The monoisotopic (exact) mass is 224 g/mol. The van der Waals surface area contributed by atoms with Crippen LogP contribution in [0.15, 0.2) is 24.3 Å². The van der Waals surface area contributed by atoms with Gasteiger partial charge in [-0.25, -0.2) is 0 Å². The molecule has 0 bridgehead atoms. The number of benzene rings is 1. The van der Waals surface area contributed by atoms with Crippen LogP contribution < -0.4 is 11.1 Å². The van der Waals surface area contributed by atoms with E-state index in [-0.39, 0.29) is 19.1 Å². The maximum Gasteiger partial charge on any atom is 0.254 e. The molecule has 0 saturated carbocycles. The topological polar surface area (TPSA) is 84.6 Å². The average molecular weight is 224 g/mol. The van der Waals surface area contributed by atoms with Gasteiger partial charge in [-0.05, 0) is 17.7 Å². The number of amides is 1. The van der Waals surface area contributed by atoms with Crippen molar-refractivity contribution in [3.8, 4) is 0 Å². The molecule has 1 amide bonds. The highest BCUT2D eigenvalue weighted by Gasteiger charge is 2.15. The van der Waals surface area contributed by atoms with Crippen molar-refractivity contribution in [2.75, 3.05) is 19.0 Å². The molecule has 16 heavy (non-hydrogen) atoms. The predicted molar refractivity (Wildman–Crippen MR) is 60.8 cm³/mol. The Kier molecular flexibility index (Phi) is 4.91. The third-order valence-corrected chi connectivity index (χ3v) is 2.20. The molecule has 1 aromatic carbocycles. The van der Waals surface area contributed by atoms with Crippen LogP contribution in [-0.2, 0) is 16.1 Å². The van der Waals surface area contributed by atoms with Gasteiger partial charge in [0.05, 0.1) is 6.61 Å². The van der Waals surface area contributed by atoms with Gasteiger partial charge in [0, 0.05) is 19.3 Å². The Morgan fingerprint density at radius 1 is 1.50 bits per heavy atom. The van der Waals surface area contributed by atoms with Gasteiger partial charge in [0.1, 0.15) is 6.10 Å². The lowest BCUT2D eigenvalue weighted by atomic mass is 10.2. The molecule has 5 nitrogen and oxygen atoms in total. The number of aliphatic hydroxyl groups excluding tert-OH is 1. The Hall–Kier alpha value is -1.43. The van der Waals surface area contributed by atoms with Gasteiger partial charge in [0.2, 0.25) is 0 Å². The number of carbonyl (C=O) groups excluding carboxylic acids is 1. The number of nitrogens with two attached hydrogens (primary N) is 1. The largest absolute Gasteiger partial charge is 0.392 e. The summed E-state index contributed by atoms with van der Waals surface area (Å²) in [5, 5.41) is 11.5. The molecule has 0 fully saturated rings. The maximum atomic E-state index is 11.6. The highest BCUT2D eigenvalue weighted by Crippen LogP contribution is 2.10. The summed E-state index contributed by atoms with van der Waals surface area (Å²) in [6, 6.07) is 6.90. The van der Waals surface area contributed by atoms with E-state index >= 15 is 0 Å². The van der Waals surface area contributed by atoms with E-state index in [0.29, 0.717) is 5.69 Å². The summed E-state index contributed by atoms with van der Waals surface area (Å²) in [5.74, 6) is -0.276. The van der Waals surface area contributed by atoms with Crippen LogP contribution in [-0.4, -0.2) is 30.8 Å². The van der Waals surface area contributed by atoms with Crippen LogP contribution in [0.1, 0.15) is 5.56 Å². The zero-order chi connectivity index (χ0) is 12.0. The van der Waals surface area contributed by atoms with Crippen molar-refractivity contribution < 1.29 is 14.6 Å². The molecule has 0 aliphatic heterocycles. The van der Waals surface area contributed by atoms with Gasteiger partial charge < -0.3 is 20.9 Å². The quantitative estimate of drug-likeness (QED) is 0.662. The average Bonchev–Trinajstić information content (AvgIpc) is 2.31. The maximum absolute atomic E-state index is 11.6. The van der Waals surface area contributed by atoms with Crippen molar-refractivity contribution in [1.29, 1.82) is 0 Å². The van der Waals surface area contributed by atoms with Crippen molar-refractivity contribution in [2.24, 2.45) is 5.73 Å². The third-order valence-electron chi connectivity index (χ3n) is 2.20. The first kappa shape index (κ1) is 12.6. The first-order chi connectivity index (χ1) is 7.71. The Morgan fingerprint density at radius 2 is 2.12 bits per heavy atom. The lowest BCUT2D eigenvalue weighted by Gasteiger charge is -2.13. The van der Waals surface area contributed by atoms with Crippen molar-refractivity contribution in [1.82, 2.24) is 0 Å². The second kappa shape index (κ2) is 6.22. The van der Waals surface area contributed by atoms with Crippen LogP contribution in [0, 0.1) is 0 Å². The third kappa shape index (κ3) is 3.30. The minimum Gasteiger partial charge on any atom is -0.392 e. The number of methoxy groups -OCH3 is 1. The summed E-state index contributed by atoms with van der Waals surface area (Å²) in [4.78, 5) is 11.6. The summed E-state index contributed by atoms with van der Waals surface area (Å²) in [6.07, 6.45) is -0.641.